The summed E-state index contributed by atoms with van der Waals surface area (Å²) in [7, 11) is 0. The highest BCUT2D eigenvalue weighted by Gasteiger charge is 2.48. The lowest BCUT2D eigenvalue weighted by Gasteiger charge is -2.43. The zero-order valence-corrected chi connectivity index (χ0v) is 14.1. The van der Waals surface area contributed by atoms with Crippen LogP contribution in [0.25, 0.3) is 0 Å². The number of hydrogen-bond acceptors (Lipinski definition) is 4. The Morgan fingerprint density at radius 3 is 2.42 bits per heavy atom. The number of benzene rings is 1. The van der Waals surface area contributed by atoms with Crippen molar-refractivity contribution in [2.45, 2.75) is 25.2 Å². The first-order valence-electron chi connectivity index (χ1n) is 7.74. The molecule has 1 unspecified atom stereocenters. The molecule has 1 saturated heterocycles. The predicted octanol–water partition coefficient (Wildman–Crippen LogP) is 3.05. The van der Waals surface area contributed by atoms with Crippen LogP contribution in [0.2, 0.25) is 5.02 Å². The van der Waals surface area contributed by atoms with Crippen LogP contribution in [0.15, 0.2) is 24.3 Å². The van der Waals surface area contributed by atoms with Gasteiger partial charge in [0.15, 0.2) is 5.92 Å². The summed E-state index contributed by atoms with van der Waals surface area (Å²) < 4.78 is 5.08. The fraction of sp³-hybridized carbons (Fsp3) is 0.471. The molecule has 1 aromatic carbocycles. The number of carboxylic acid groups (broad SMARTS) is 1. The van der Waals surface area contributed by atoms with E-state index < -0.39 is 23.4 Å². The van der Waals surface area contributed by atoms with Gasteiger partial charge in [-0.05, 0) is 37.5 Å². The van der Waals surface area contributed by atoms with Crippen molar-refractivity contribution in [3.05, 3.63) is 34.9 Å². The first-order chi connectivity index (χ1) is 11.4. The molecule has 1 atom stereocenters. The number of ether oxygens (including phenoxy) is 1. The summed E-state index contributed by atoms with van der Waals surface area (Å²) in [5, 5.41) is 19.3. The van der Waals surface area contributed by atoms with E-state index in [1.807, 2.05) is 0 Å². The largest absolute Gasteiger partial charge is 0.465 e. The molecule has 2 rings (SSSR count). The zero-order valence-electron chi connectivity index (χ0n) is 13.4. The molecule has 0 radical (unpaired) electrons. The lowest BCUT2D eigenvalue weighted by atomic mass is 9.64. The van der Waals surface area contributed by atoms with Gasteiger partial charge in [-0.15, -0.1) is 0 Å². The van der Waals surface area contributed by atoms with Crippen molar-refractivity contribution in [3.63, 3.8) is 0 Å². The minimum atomic E-state index is -0.996. The highest BCUT2D eigenvalue weighted by molar-refractivity contribution is 6.30. The number of piperidine rings is 1. The maximum atomic E-state index is 12.3. The van der Waals surface area contributed by atoms with Gasteiger partial charge in [-0.3, -0.25) is 4.79 Å². The summed E-state index contributed by atoms with van der Waals surface area (Å²) in [6, 6.07) is 9.09. The first-order valence-corrected chi connectivity index (χ1v) is 8.12. The normalized spacial score (nSPS) is 17.6. The molecule has 1 aliphatic rings. The number of amides is 1. The number of nitriles is 1. The molecule has 6 nitrogen and oxygen atoms in total. The summed E-state index contributed by atoms with van der Waals surface area (Å²) in [4.78, 5) is 24.8. The molecule has 0 bridgehead atoms. The molecular formula is C17H19ClN2O4. The second kappa shape index (κ2) is 7.54. The molecule has 1 fully saturated rings. The van der Waals surface area contributed by atoms with Gasteiger partial charge in [0.25, 0.3) is 0 Å². The van der Waals surface area contributed by atoms with E-state index in [9.17, 15) is 14.9 Å². The Bertz CT molecular complexity index is 646. The van der Waals surface area contributed by atoms with Gasteiger partial charge in [0.2, 0.25) is 0 Å². The van der Waals surface area contributed by atoms with E-state index in [1.54, 1.807) is 31.2 Å². The molecule has 0 spiro atoms. The molecule has 1 aromatic rings. The maximum absolute atomic E-state index is 12.3. The third-order valence-corrected chi connectivity index (χ3v) is 4.80. The predicted molar refractivity (Wildman–Crippen MR) is 87.7 cm³/mol. The number of hydrogen-bond donors (Lipinski definition) is 1. The zero-order chi connectivity index (χ0) is 17.7. The second-order valence-electron chi connectivity index (χ2n) is 5.75. The quantitative estimate of drug-likeness (QED) is 0.843. The van der Waals surface area contributed by atoms with Crippen LogP contribution in [0.5, 0.6) is 0 Å². The molecule has 7 heteroatoms. The van der Waals surface area contributed by atoms with Crippen LogP contribution < -0.4 is 0 Å². The summed E-state index contributed by atoms with van der Waals surface area (Å²) in [6.45, 7) is 2.40. The van der Waals surface area contributed by atoms with Gasteiger partial charge in [0.1, 0.15) is 0 Å². The molecule has 1 N–H and O–H groups in total. The third-order valence-electron chi connectivity index (χ3n) is 4.55. The number of carbonyl (C=O) groups is 2. The Labute approximate surface area is 145 Å². The van der Waals surface area contributed by atoms with Crippen LogP contribution >= 0.6 is 11.6 Å². The minimum absolute atomic E-state index is 0.189. The second-order valence-corrected chi connectivity index (χ2v) is 6.18. The van der Waals surface area contributed by atoms with E-state index in [-0.39, 0.29) is 19.7 Å². The molecular weight excluding hydrogens is 332 g/mol. The Morgan fingerprint density at radius 2 is 1.96 bits per heavy atom. The average Bonchev–Trinajstić information content (AvgIpc) is 2.56. The van der Waals surface area contributed by atoms with Crippen LogP contribution in [0.3, 0.4) is 0 Å². The summed E-state index contributed by atoms with van der Waals surface area (Å²) >= 11 is 5.94. The Morgan fingerprint density at radius 1 is 1.38 bits per heavy atom. The SMILES string of the molecule is CCOC(=O)C(C#N)C1(c2ccc(Cl)cc2)CCN(C(=O)O)CC1. The van der Waals surface area contributed by atoms with Crippen molar-refractivity contribution in [3.8, 4) is 6.07 Å². The van der Waals surface area contributed by atoms with Crippen LogP contribution in [-0.2, 0) is 14.9 Å². The number of esters is 1. The molecule has 1 amide bonds. The molecule has 0 aromatic heterocycles. The van der Waals surface area contributed by atoms with Crippen LogP contribution in [-0.4, -0.2) is 41.8 Å². The van der Waals surface area contributed by atoms with E-state index in [2.05, 4.69) is 6.07 Å². The van der Waals surface area contributed by atoms with E-state index >= 15 is 0 Å². The highest BCUT2D eigenvalue weighted by atomic mass is 35.5. The third kappa shape index (κ3) is 3.46. The van der Waals surface area contributed by atoms with Crippen molar-refractivity contribution in [1.29, 1.82) is 5.26 Å². The lowest BCUT2D eigenvalue weighted by molar-refractivity contribution is -0.149. The van der Waals surface area contributed by atoms with E-state index in [0.717, 1.165) is 5.56 Å². The molecule has 128 valence electrons. The van der Waals surface area contributed by atoms with Crippen LogP contribution in [0, 0.1) is 17.2 Å². The number of rotatable bonds is 4. The van der Waals surface area contributed by atoms with E-state index in [4.69, 9.17) is 21.4 Å². The highest BCUT2D eigenvalue weighted by Crippen LogP contribution is 2.43. The Balaban J connectivity index is 2.42. The minimum Gasteiger partial charge on any atom is -0.465 e. The van der Waals surface area contributed by atoms with E-state index in [0.29, 0.717) is 17.9 Å². The van der Waals surface area contributed by atoms with Crippen molar-refractivity contribution < 1.29 is 19.4 Å². The van der Waals surface area contributed by atoms with Gasteiger partial charge in [0, 0.05) is 23.5 Å². The average molecular weight is 351 g/mol. The van der Waals surface area contributed by atoms with Crippen molar-refractivity contribution in [2.75, 3.05) is 19.7 Å². The van der Waals surface area contributed by atoms with Crippen molar-refractivity contribution in [2.24, 2.45) is 5.92 Å². The first kappa shape index (κ1) is 18.1. The van der Waals surface area contributed by atoms with E-state index in [1.165, 1.54) is 4.90 Å². The van der Waals surface area contributed by atoms with Gasteiger partial charge in [0.05, 0.1) is 12.7 Å². The summed E-state index contributed by atoms with van der Waals surface area (Å²) in [5.74, 6) is -1.56. The molecule has 24 heavy (non-hydrogen) atoms. The maximum Gasteiger partial charge on any atom is 0.407 e. The molecule has 1 aliphatic heterocycles. The molecule has 0 saturated carbocycles. The monoisotopic (exact) mass is 350 g/mol. The smallest absolute Gasteiger partial charge is 0.407 e. The Kier molecular flexibility index (Phi) is 5.68. The van der Waals surface area contributed by atoms with Gasteiger partial charge in [-0.2, -0.15) is 5.26 Å². The van der Waals surface area contributed by atoms with Gasteiger partial charge >= 0.3 is 12.1 Å². The Hall–Kier alpha value is -2.26. The van der Waals surface area contributed by atoms with Gasteiger partial charge in [-0.25, -0.2) is 4.79 Å². The lowest BCUT2D eigenvalue weighted by Crippen LogP contribution is -2.50. The van der Waals surface area contributed by atoms with Crippen LogP contribution in [0.1, 0.15) is 25.3 Å². The molecule has 0 aliphatic carbocycles. The topological polar surface area (TPSA) is 90.6 Å². The molecule has 1 heterocycles. The summed E-state index contributed by atoms with van der Waals surface area (Å²) in [6.07, 6.45) is -0.250. The summed E-state index contributed by atoms with van der Waals surface area (Å²) in [5.41, 5.74) is 0.0221. The van der Waals surface area contributed by atoms with Gasteiger partial charge < -0.3 is 14.7 Å². The van der Waals surface area contributed by atoms with Crippen LogP contribution in [0.4, 0.5) is 4.79 Å². The van der Waals surface area contributed by atoms with Crippen molar-refractivity contribution >= 4 is 23.7 Å². The number of nitrogens with zero attached hydrogens (tertiary/aromatic N) is 2. The standard InChI is InChI=1S/C17H19ClN2O4/c1-2-24-15(21)14(11-19)17(12-3-5-13(18)6-4-12)7-9-20(10-8-17)16(22)23/h3-6,14H,2,7-10H2,1H3,(H,22,23). The number of carbonyl (C=O) groups excluding carboxylic acids is 1. The van der Waals surface area contributed by atoms with Gasteiger partial charge in [-0.1, -0.05) is 23.7 Å². The fourth-order valence-electron chi connectivity index (χ4n) is 3.25. The van der Waals surface area contributed by atoms with Crippen molar-refractivity contribution in [1.82, 2.24) is 4.90 Å². The fourth-order valence-corrected chi connectivity index (χ4v) is 3.38. The number of likely N-dealkylation sites (tertiary alicyclic amines) is 1. The number of halogens is 1.